The average Bonchev–Trinajstić information content (AvgIpc) is 2.69. The minimum Gasteiger partial charge on any atom is -0.385 e. The van der Waals surface area contributed by atoms with Crippen LogP contribution in [0, 0.1) is 5.92 Å². The Labute approximate surface area is 92.3 Å². The van der Waals surface area contributed by atoms with Crippen LogP contribution in [0.2, 0.25) is 0 Å². The lowest BCUT2D eigenvalue weighted by Crippen LogP contribution is -2.10. The predicted octanol–water partition coefficient (Wildman–Crippen LogP) is 3.71. The molecule has 0 radical (unpaired) electrons. The molecule has 0 atom stereocenters. The van der Waals surface area contributed by atoms with E-state index >= 15 is 0 Å². The molecule has 0 unspecified atom stereocenters. The van der Waals surface area contributed by atoms with E-state index < -0.39 is 0 Å². The highest BCUT2D eigenvalue weighted by Crippen LogP contribution is 2.24. The molecule has 2 rings (SSSR count). The average molecular weight is 212 g/mol. The second-order valence-corrected chi connectivity index (χ2v) is 3.90. The van der Waals surface area contributed by atoms with E-state index in [9.17, 15) is 0 Å². The zero-order valence-electron chi connectivity index (χ0n) is 8.41. The Bertz CT molecular complexity index is 242. The lowest BCUT2D eigenvalue weighted by atomic mass is 10.1. The number of hydrogen-bond acceptors (Lipinski definition) is 1. The lowest BCUT2D eigenvalue weighted by Gasteiger charge is -2.11. The highest BCUT2D eigenvalue weighted by atomic mass is 35.5. The second-order valence-electron chi connectivity index (χ2n) is 3.90. The van der Waals surface area contributed by atoms with Gasteiger partial charge in [0, 0.05) is 12.2 Å². The molecule has 0 amide bonds. The van der Waals surface area contributed by atoms with Crippen LogP contribution in [0.1, 0.15) is 25.7 Å². The van der Waals surface area contributed by atoms with Gasteiger partial charge in [-0.25, -0.2) is 0 Å². The zero-order valence-corrected chi connectivity index (χ0v) is 9.22. The molecule has 14 heavy (non-hydrogen) atoms. The first-order valence-corrected chi connectivity index (χ1v) is 5.24. The van der Waals surface area contributed by atoms with Gasteiger partial charge in [0.15, 0.2) is 0 Å². The molecule has 0 spiro atoms. The monoisotopic (exact) mass is 211 g/mol. The van der Waals surface area contributed by atoms with Crippen LogP contribution in [0.5, 0.6) is 0 Å². The molecule has 1 saturated carbocycles. The summed E-state index contributed by atoms with van der Waals surface area (Å²) < 4.78 is 0. The van der Waals surface area contributed by atoms with Gasteiger partial charge in [0.2, 0.25) is 0 Å². The van der Waals surface area contributed by atoms with E-state index in [-0.39, 0.29) is 12.4 Å². The molecule has 0 heterocycles. The Kier molecular flexibility index (Phi) is 4.81. The number of benzene rings is 1. The Morgan fingerprint density at radius 1 is 1.07 bits per heavy atom. The van der Waals surface area contributed by atoms with Crippen molar-refractivity contribution in [3.05, 3.63) is 30.3 Å². The van der Waals surface area contributed by atoms with E-state index in [4.69, 9.17) is 0 Å². The quantitative estimate of drug-likeness (QED) is 0.804. The third-order valence-corrected chi connectivity index (χ3v) is 2.84. The fraction of sp³-hybridized carbons (Fsp3) is 0.500. The Hall–Kier alpha value is -0.690. The second kappa shape index (κ2) is 5.92. The maximum absolute atomic E-state index is 3.49. The number of rotatable bonds is 3. The number of anilines is 1. The summed E-state index contributed by atoms with van der Waals surface area (Å²) in [6.07, 6.45) is 5.70. The Balaban J connectivity index is 0.000000980. The molecular formula is C12H18ClN. The van der Waals surface area contributed by atoms with Crippen LogP contribution >= 0.6 is 12.4 Å². The van der Waals surface area contributed by atoms with Crippen molar-refractivity contribution in [2.75, 3.05) is 11.9 Å². The molecule has 1 aliphatic carbocycles. The van der Waals surface area contributed by atoms with Gasteiger partial charge in [0.05, 0.1) is 0 Å². The van der Waals surface area contributed by atoms with Crippen LogP contribution in [-0.4, -0.2) is 6.54 Å². The van der Waals surface area contributed by atoms with Crippen molar-refractivity contribution in [1.82, 2.24) is 0 Å². The van der Waals surface area contributed by atoms with Crippen LogP contribution < -0.4 is 5.32 Å². The van der Waals surface area contributed by atoms with Crippen LogP contribution in [0.15, 0.2) is 30.3 Å². The molecule has 2 heteroatoms. The van der Waals surface area contributed by atoms with Crippen molar-refractivity contribution in [3.63, 3.8) is 0 Å². The third kappa shape index (κ3) is 3.22. The molecule has 1 fully saturated rings. The number of halogens is 1. The summed E-state index contributed by atoms with van der Waals surface area (Å²) in [6, 6.07) is 10.5. The smallest absolute Gasteiger partial charge is 0.0340 e. The first kappa shape index (κ1) is 11.4. The summed E-state index contributed by atoms with van der Waals surface area (Å²) in [7, 11) is 0. The molecular weight excluding hydrogens is 194 g/mol. The van der Waals surface area contributed by atoms with E-state index in [1.165, 1.54) is 31.4 Å². The van der Waals surface area contributed by atoms with Crippen LogP contribution in [0.3, 0.4) is 0 Å². The summed E-state index contributed by atoms with van der Waals surface area (Å²) in [5.41, 5.74) is 1.26. The Morgan fingerprint density at radius 2 is 1.71 bits per heavy atom. The third-order valence-electron chi connectivity index (χ3n) is 2.84. The van der Waals surface area contributed by atoms with Crippen molar-refractivity contribution < 1.29 is 0 Å². The van der Waals surface area contributed by atoms with Gasteiger partial charge in [-0.1, -0.05) is 31.0 Å². The highest BCUT2D eigenvalue weighted by molar-refractivity contribution is 5.85. The fourth-order valence-corrected chi connectivity index (χ4v) is 2.03. The standard InChI is InChI=1S/C12H17N.ClH/c1-2-8-12(9-3-1)13-10-11-6-4-5-7-11;/h1-3,8-9,11,13H,4-7,10H2;1H. The molecule has 78 valence electrons. The van der Waals surface area contributed by atoms with E-state index in [0.29, 0.717) is 0 Å². The maximum Gasteiger partial charge on any atom is 0.0340 e. The molecule has 0 aromatic heterocycles. The van der Waals surface area contributed by atoms with Gasteiger partial charge in [-0.2, -0.15) is 0 Å². The molecule has 0 aliphatic heterocycles. The minimum absolute atomic E-state index is 0. The molecule has 1 aromatic carbocycles. The van der Waals surface area contributed by atoms with Crippen molar-refractivity contribution >= 4 is 18.1 Å². The SMILES string of the molecule is Cl.c1ccc(NCC2CCCC2)cc1. The molecule has 1 N–H and O–H groups in total. The summed E-state index contributed by atoms with van der Waals surface area (Å²) in [4.78, 5) is 0. The summed E-state index contributed by atoms with van der Waals surface area (Å²) >= 11 is 0. The molecule has 1 aromatic rings. The summed E-state index contributed by atoms with van der Waals surface area (Å²) in [6.45, 7) is 1.16. The van der Waals surface area contributed by atoms with Gasteiger partial charge >= 0.3 is 0 Å². The van der Waals surface area contributed by atoms with Gasteiger partial charge in [0.25, 0.3) is 0 Å². The zero-order chi connectivity index (χ0) is 8.93. The molecule has 1 nitrogen and oxygen atoms in total. The number of nitrogens with one attached hydrogen (secondary N) is 1. The van der Waals surface area contributed by atoms with Gasteiger partial charge in [0.1, 0.15) is 0 Å². The summed E-state index contributed by atoms with van der Waals surface area (Å²) in [5, 5.41) is 3.49. The van der Waals surface area contributed by atoms with Crippen molar-refractivity contribution in [3.8, 4) is 0 Å². The first-order valence-electron chi connectivity index (χ1n) is 5.24. The van der Waals surface area contributed by atoms with E-state index in [1.807, 2.05) is 0 Å². The first-order chi connectivity index (χ1) is 6.45. The van der Waals surface area contributed by atoms with Crippen LogP contribution in [0.4, 0.5) is 5.69 Å². The van der Waals surface area contributed by atoms with Gasteiger partial charge in [-0.3, -0.25) is 0 Å². The Morgan fingerprint density at radius 3 is 2.36 bits per heavy atom. The predicted molar refractivity (Wildman–Crippen MR) is 64.1 cm³/mol. The maximum atomic E-state index is 3.49. The van der Waals surface area contributed by atoms with E-state index in [0.717, 1.165) is 12.5 Å². The summed E-state index contributed by atoms with van der Waals surface area (Å²) in [5.74, 6) is 0.917. The molecule has 1 aliphatic rings. The fourth-order valence-electron chi connectivity index (χ4n) is 2.03. The van der Waals surface area contributed by atoms with Crippen molar-refractivity contribution in [2.45, 2.75) is 25.7 Å². The topological polar surface area (TPSA) is 12.0 Å². The van der Waals surface area contributed by atoms with E-state index in [2.05, 4.69) is 35.6 Å². The van der Waals surface area contributed by atoms with Gasteiger partial charge in [-0.15, -0.1) is 12.4 Å². The van der Waals surface area contributed by atoms with Crippen LogP contribution in [-0.2, 0) is 0 Å². The minimum atomic E-state index is 0. The highest BCUT2D eigenvalue weighted by Gasteiger charge is 2.13. The number of hydrogen-bond donors (Lipinski definition) is 1. The van der Waals surface area contributed by atoms with Gasteiger partial charge < -0.3 is 5.32 Å². The van der Waals surface area contributed by atoms with Gasteiger partial charge in [-0.05, 0) is 30.9 Å². The van der Waals surface area contributed by atoms with Crippen molar-refractivity contribution in [2.24, 2.45) is 5.92 Å². The van der Waals surface area contributed by atoms with Crippen molar-refractivity contribution in [1.29, 1.82) is 0 Å². The van der Waals surface area contributed by atoms with E-state index in [1.54, 1.807) is 0 Å². The number of para-hydroxylation sites is 1. The molecule has 0 bridgehead atoms. The lowest BCUT2D eigenvalue weighted by molar-refractivity contribution is 0.580. The molecule has 0 saturated heterocycles. The largest absolute Gasteiger partial charge is 0.385 e. The normalized spacial score (nSPS) is 16.3. The van der Waals surface area contributed by atoms with Crippen LogP contribution in [0.25, 0.3) is 0 Å².